The van der Waals surface area contributed by atoms with E-state index in [-0.39, 0.29) is 6.61 Å². The number of benzene rings is 2. The highest BCUT2D eigenvalue weighted by molar-refractivity contribution is 5.81. The summed E-state index contributed by atoms with van der Waals surface area (Å²) in [4.78, 5) is 4.66. The van der Waals surface area contributed by atoms with Crippen molar-refractivity contribution >= 4 is 11.0 Å². The third-order valence-electron chi connectivity index (χ3n) is 3.46. The van der Waals surface area contributed by atoms with Crippen LogP contribution in [0.15, 0.2) is 42.5 Å². The van der Waals surface area contributed by atoms with E-state index in [0.717, 1.165) is 33.7 Å². The number of hydrogen-bond acceptors (Lipinski definition) is 3. The van der Waals surface area contributed by atoms with Crippen LogP contribution in [0, 0.1) is 0 Å². The molecule has 3 rings (SSSR count). The fourth-order valence-electron chi connectivity index (χ4n) is 2.35. The average Bonchev–Trinajstić information content (AvgIpc) is 2.84. The topological polar surface area (TPSA) is 47.3 Å². The fourth-order valence-corrected chi connectivity index (χ4v) is 2.35. The van der Waals surface area contributed by atoms with Crippen molar-refractivity contribution in [2.24, 2.45) is 7.05 Å². The Bertz CT molecular complexity index is 762. The lowest BCUT2D eigenvalue weighted by Gasteiger charge is -2.05. The molecule has 0 aliphatic heterocycles. The minimum Gasteiger partial charge on any atom is -0.497 e. The van der Waals surface area contributed by atoms with Crippen LogP contribution in [0.1, 0.15) is 5.56 Å². The van der Waals surface area contributed by atoms with Gasteiger partial charge >= 0.3 is 0 Å². The monoisotopic (exact) mass is 268 g/mol. The molecule has 0 amide bonds. The van der Waals surface area contributed by atoms with E-state index in [1.807, 2.05) is 54.1 Å². The van der Waals surface area contributed by atoms with Crippen molar-refractivity contribution in [3.8, 4) is 17.1 Å². The predicted molar refractivity (Wildman–Crippen MR) is 78.6 cm³/mol. The number of fused-ring (bicyclic) bond motifs is 1. The molecule has 0 radical (unpaired) electrons. The molecule has 20 heavy (non-hydrogen) atoms. The molecule has 102 valence electrons. The van der Waals surface area contributed by atoms with Gasteiger partial charge in [0.05, 0.1) is 24.8 Å². The van der Waals surface area contributed by atoms with E-state index >= 15 is 0 Å². The van der Waals surface area contributed by atoms with Crippen molar-refractivity contribution in [3.63, 3.8) is 0 Å². The van der Waals surface area contributed by atoms with Gasteiger partial charge in [0.25, 0.3) is 0 Å². The molecule has 0 fully saturated rings. The number of aromatic nitrogens is 2. The molecule has 1 aromatic heterocycles. The van der Waals surface area contributed by atoms with Crippen molar-refractivity contribution < 1.29 is 9.84 Å². The molecule has 0 saturated carbocycles. The Balaban J connectivity index is 2.18. The summed E-state index contributed by atoms with van der Waals surface area (Å²) >= 11 is 0. The number of aliphatic hydroxyl groups is 1. The van der Waals surface area contributed by atoms with Gasteiger partial charge in [-0.3, -0.25) is 0 Å². The number of hydrogen-bond donors (Lipinski definition) is 1. The molecule has 1 N–H and O–H groups in total. The first-order chi connectivity index (χ1) is 9.72. The molecular weight excluding hydrogens is 252 g/mol. The summed E-state index contributed by atoms with van der Waals surface area (Å²) in [5.41, 5.74) is 3.82. The molecule has 4 nitrogen and oxygen atoms in total. The summed E-state index contributed by atoms with van der Waals surface area (Å²) < 4.78 is 7.29. The van der Waals surface area contributed by atoms with E-state index in [4.69, 9.17) is 4.74 Å². The van der Waals surface area contributed by atoms with Gasteiger partial charge in [-0.05, 0) is 29.8 Å². The molecule has 0 aliphatic carbocycles. The summed E-state index contributed by atoms with van der Waals surface area (Å²) in [5, 5.41) is 9.23. The lowest BCUT2D eigenvalue weighted by molar-refractivity contribution is 0.282. The number of nitrogens with zero attached hydrogens (tertiary/aromatic N) is 2. The second-order valence-corrected chi connectivity index (χ2v) is 4.71. The second-order valence-electron chi connectivity index (χ2n) is 4.71. The maximum Gasteiger partial charge on any atom is 0.140 e. The summed E-state index contributed by atoms with van der Waals surface area (Å²) in [6, 6.07) is 13.6. The lowest BCUT2D eigenvalue weighted by Crippen LogP contribution is -1.93. The molecule has 3 aromatic rings. The first-order valence-corrected chi connectivity index (χ1v) is 6.43. The number of ether oxygens (including phenoxy) is 1. The Morgan fingerprint density at radius 2 is 2.05 bits per heavy atom. The largest absolute Gasteiger partial charge is 0.497 e. The molecule has 4 heteroatoms. The number of aliphatic hydroxyl groups excluding tert-OH is 1. The van der Waals surface area contributed by atoms with Gasteiger partial charge in [0.1, 0.15) is 11.6 Å². The van der Waals surface area contributed by atoms with Crippen molar-refractivity contribution in [3.05, 3.63) is 48.0 Å². The van der Waals surface area contributed by atoms with E-state index in [1.54, 1.807) is 7.11 Å². The van der Waals surface area contributed by atoms with Crippen LogP contribution in [0.25, 0.3) is 22.4 Å². The van der Waals surface area contributed by atoms with Gasteiger partial charge in [-0.2, -0.15) is 0 Å². The van der Waals surface area contributed by atoms with E-state index < -0.39 is 0 Å². The normalized spacial score (nSPS) is 10.9. The van der Waals surface area contributed by atoms with Crippen LogP contribution in [0.3, 0.4) is 0 Å². The van der Waals surface area contributed by atoms with Crippen molar-refractivity contribution in [2.45, 2.75) is 6.61 Å². The average molecular weight is 268 g/mol. The summed E-state index contributed by atoms with van der Waals surface area (Å²) in [7, 11) is 3.63. The standard InChI is InChI=1S/C16H16N2O2/c1-18-15-8-11(10-19)6-7-14(15)17-16(18)12-4-3-5-13(9-12)20-2/h3-9,19H,10H2,1-2H3. The lowest BCUT2D eigenvalue weighted by atomic mass is 10.2. The molecule has 0 saturated heterocycles. The number of imidazole rings is 1. The maximum absolute atomic E-state index is 9.23. The summed E-state index contributed by atoms with van der Waals surface area (Å²) in [6.45, 7) is 0.0373. The first-order valence-electron chi connectivity index (χ1n) is 6.43. The number of aryl methyl sites for hydroxylation is 1. The Kier molecular flexibility index (Phi) is 3.16. The Hall–Kier alpha value is -2.33. The smallest absolute Gasteiger partial charge is 0.140 e. The van der Waals surface area contributed by atoms with E-state index in [1.165, 1.54) is 0 Å². The highest BCUT2D eigenvalue weighted by Crippen LogP contribution is 2.26. The molecular formula is C16H16N2O2. The van der Waals surface area contributed by atoms with Crippen LogP contribution in [0.2, 0.25) is 0 Å². The van der Waals surface area contributed by atoms with Gasteiger partial charge in [-0.15, -0.1) is 0 Å². The summed E-state index contributed by atoms with van der Waals surface area (Å²) in [5.74, 6) is 1.69. The quantitative estimate of drug-likeness (QED) is 0.794. The van der Waals surface area contributed by atoms with Crippen molar-refractivity contribution in [1.29, 1.82) is 0 Å². The Morgan fingerprint density at radius 3 is 2.80 bits per heavy atom. The zero-order valence-corrected chi connectivity index (χ0v) is 11.5. The fraction of sp³-hybridized carbons (Fsp3) is 0.188. The Morgan fingerprint density at radius 1 is 1.20 bits per heavy atom. The molecule has 2 aromatic carbocycles. The van der Waals surface area contributed by atoms with Gasteiger partial charge in [0, 0.05) is 12.6 Å². The van der Waals surface area contributed by atoms with Crippen LogP contribution in [0.4, 0.5) is 0 Å². The number of rotatable bonds is 3. The molecule has 1 heterocycles. The van der Waals surface area contributed by atoms with Gasteiger partial charge in [0.15, 0.2) is 0 Å². The highest BCUT2D eigenvalue weighted by atomic mass is 16.5. The van der Waals surface area contributed by atoms with Gasteiger partial charge in [-0.25, -0.2) is 4.98 Å². The van der Waals surface area contributed by atoms with E-state index in [0.29, 0.717) is 0 Å². The zero-order valence-electron chi connectivity index (χ0n) is 11.5. The number of methoxy groups -OCH3 is 1. The minimum absolute atomic E-state index is 0.0373. The van der Waals surface area contributed by atoms with Gasteiger partial charge < -0.3 is 14.4 Å². The minimum atomic E-state index is 0.0373. The SMILES string of the molecule is COc1cccc(-c2nc3ccc(CO)cc3n2C)c1. The van der Waals surface area contributed by atoms with Crippen LogP contribution in [-0.4, -0.2) is 21.8 Å². The van der Waals surface area contributed by atoms with Crippen LogP contribution < -0.4 is 4.74 Å². The second kappa shape index (κ2) is 4.98. The van der Waals surface area contributed by atoms with Crippen LogP contribution >= 0.6 is 0 Å². The molecule has 0 atom stereocenters. The van der Waals surface area contributed by atoms with Gasteiger partial charge in [0.2, 0.25) is 0 Å². The van der Waals surface area contributed by atoms with Crippen LogP contribution in [0.5, 0.6) is 5.75 Å². The maximum atomic E-state index is 9.23. The van der Waals surface area contributed by atoms with Crippen molar-refractivity contribution in [1.82, 2.24) is 9.55 Å². The van der Waals surface area contributed by atoms with E-state index in [9.17, 15) is 5.11 Å². The van der Waals surface area contributed by atoms with Gasteiger partial charge in [-0.1, -0.05) is 18.2 Å². The van der Waals surface area contributed by atoms with Crippen LogP contribution in [-0.2, 0) is 13.7 Å². The molecule has 0 spiro atoms. The third kappa shape index (κ3) is 2.04. The van der Waals surface area contributed by atoms with E-state index in [2.05, 4.69) is 4.98 Å². The summed E-state index contributed by atoms with van der Waals surface area (Å²) in [6.07, 6.45) is 0. The molecule has 0 aliphatic rings. The predicted octanol–water partition coefficient (Wildman–Crippen LogP) is 2.74. The molecule has 0 unspecified atom stereocenters. The third-order valence-corrected chi connectivity index (χ3v) is 3.46. The Labute approximate surface area is 117 Å². The zero-order chi connectivity index (χ0) is 14.1. The highest BCUT2D eigenvalue weighted by Gasteiger charge is 2.10. The van der Waals surface area contributed by atoms with Crippen molar-refractivity contribution in [2.75, 3.05) is 7.11 Å². The molecule has 0 bridgehead atoms. The first kappa shape index (κ1) is 12.7.